The zero-order valence-corrected chi connectivity index (χ0v) is 16.2. The number of ketones is 1. The highest BCUT2D eigenvalue weighted by atomic mass is 16.7. The van der Waals surface area contributed by atoms with Gasteiger partial charge in [0.15, 0.2) is 17.3 Å². The van der Waals surface area contributed by atoms with E-state index in [1.165, 1.54) is 0 Å². The van der Waals surface area contributed by atoms with Crippen molar-refractivity contribution in [1.29, 1.82) is 0 Å². The maximum Gasteiger partial charge on any atom is 0.340 e. The molecule has 0 spiro atoms. The Morgan fingerprint density at radius 2 is 2.00 bits per heavy atom. The van der Waals surface area contributed by atoms with Crippen molar-refractivity contribution in [3.63, 3.8) is 0 Å². The lowest BCUT2D eigenvalue weighted by Crippen LogP contribution is -2.35. The monoisotopic (exact) mass is 385 g/mol. The summed E-state index contributed by atoms with van der Waals surface area (Å²) in [4.78, 5) is 25.8. The van der Waals surface area contributed by atoms with Crippen LogP contribution in [0.3, 0.4) is 0 Å². The molecule has 0 saturated heterocycles. The number of nitrogens with two attached hydrogens (primary N) is 1. The molecule has 2 aliphatic heterocycles. The van der Waals surface area contributed by atoms with Gasteiger partial charge in [0.05, 0.1) is 12.5 Å². The van der Waals surface area contributed by atoms with Crippen LogP contribution in [0.15, 0.2) is 41.0 Å². The highest BCUT2D eigenvalue weighted by Gasteiger charge is 2.45. The van der Waals surface area contributed by atoms with Crippen LogP contribution >= 0.6 is 0 Å². The van der Waals surface area contributed by atoms with Gasteiger partial charge in [-0.2, -0.15) is 0 Å². The minimum Gasteiger partial charge on any atom is -0.462 e. The van der Waals surface area contributed by atoms with Crippen molar-refractivity contribution in [2.24, 2.45) is 11.1 Å². The summed E-state index contributed by atoms with van der Waals surface area (Å²) in [7, 11) is 0. The molecule has 7 heteroatoms. The molecule has 148 valence electrons. The maximum atomic E-state index is 13.1. The Bertz CT molecular complexity index is 927. The lowest BCUT2D eigenvalue weighted by molar-refractivity contribution is -0.139. The number of allylic oxidation sites excluding steroid dienone is 2. The SMILES string of the molecule is CCOC(=O)C1=C(N)OC2=C(C(=O)CC(C)(C)C2)[C@@H]1c1ccc2c(c1)OCO2. The minimum absolute atomic E-state index is 0.0228. The first-order valence-corrected chi connectivity index (χ1v) is 9.31. The van der Waals surface area contributed by atoms with Crippen molar-refractivity contribution in [3.05, 3.63) is 46.6 Å². The van der Waals surface area contributed by atoms with E-state index in [4.69, 9.17) is 24.7 Å². The third-order valence-electron chi connectivity index (χ3n) is 5.18. The van der Waals surface area contributed by atoms with Crippen LogP contribution < -0.4 is 15.2 Å². The summed E-state index contributed by atoms with van der Waals surface area (Å²) in [6.07, 6.45) is 0.929. The lowest BCUT2D eigenvalue weighted by Gasteiger charge is -2.37. The van der Waals surface area contributed by atoms with Gasteiger partial charge in [0, 0.05) is 18.4 Å². The summed E-state index contributed by atoms with van der Waals surface area (Å²) < 4.78 is 21.8. The van der Waals surface area contributed by atoms with Crippen LogP contribution in [0.5, 0.6) is 11.5 Å². The van der Waals surface area contributed by atoms with E-state index in [9.17, 15) is 9.59 Å². The van der Waals surface area contributed by atoms with Gasteiger partial charge in [-0.15, -0.1) is 0 Å². The average Bonchev–Trinajstić information content (AvgIpc) is 3.07. The first-order valence-electron chi connectivity index (χ1n) is 9.31. The fraction of sp³-hybridized carbons (Fsp3) is 0.429. The number of rotatable bonds is 3. The second-order valence-corrected chi connectivity index (χ2v) is 7.92. The molecule has 0 aromatic heterocycles. The quantitative estimate of drug-likeness (QED) is 0.799. The number of benzene rings is 1. The standard InChI is InChI=1S/C21H23NO6/c1-4-25-20(24)18-16(11-5-6-13-14(7-11)27-10-26-13)17-12(23)8-21(2,3)9-15(17)28-19(18)22/h5-7,16H,4,8-10,22H2,1-3H3/t16-/m0/s1. The molecule has 1 atom stereocenters. The Morgan fingerprint density at radius 1 is 1.25 bits per heavy atom. The van der Waals surface area contributed by atoms with E-state index in [0.717, 1.165) is 0 Å². The van der Waals surface area contributed by atoms with Crippen LogP contribution in [0, 0.1) is 5.41 Å². The number of hydrogen-bond acceptors (Lipinski definition) is 7. The number of carbonyl (C=O) groups excluding carboxylic acids is 2. The Labute approximate surface area is 163 Å². The van der Waals surface area contributed by atoms with Gasteiger partial charge in [-0.25, -0.2) is 4.79 Å². The molecule has 28 heavy (non-hydrogen) atoms. The molecular formula is C21H23NO6. The largest absolute Gasteiger partial charge is 0.462 e. The molecule has 0 saturated carbocycles. The average molecular weight is 385 g/mol. The molecular weight excluding hydrogens is 362 g/mol. The third kappa shape index (κ3) is 3.00. The molecule has 2 N–H and O–H groups in total. The Morgan fingerprint density at radius 3 is 2.75 bits per heavy atom. The van der Waals surface area contributed by atoms with Crippen molar-refractivity contribution in [2.75, 3.05) is 13.4 Å². The van der Waals surface area contributed by atoms with Gasteiger partial charge in [-0.3, -0.25) is 4.79 Å². The fourth-order valence-corrected chi connectivity index (χ4v) is 4.02. The summed E-state index contributed by atoms with van der Waals surface area (Å²) >= 11 is 0. The van der Waals surface area contributed by atoms with Crippen LogP contribution in [0.4, 0.5) is 0 Å². The first-order chi connectivity index (χ1) is 13.3. The molecule has 1 aromatic rings. The van der Waals surface area contributed by atoms with E-state index in [0.29, 0.717) is 41.2 Å². The van der Waals surface area contributed by atoms with Crippen LogP contribution in [0.1, 0.15) is 45.1 Å². The first kappa shape index (κ1) is 18.4. The fourth-order valence-electron chi connectivity index (χ4n) is 4.02. The van der Waals surface area contributed by atoms with Crippen molar-refractivity contribution in [1.82, 2.24) is 0 Å². The number of esters is 1. The molecule has 0 radical (unpaired) electrons. The summed E-state index contributed by atoms with van der Waals surface area (Å²) in [5, 5.41) is 0. The molecule has 0 fully saturated rings. The normalized spacial score (nSPS) is 22.7. The molecule has 2 heterocycles. The second kappa shape index (κ2) is 6.58. The van der Waals surface area contributed by atoms with E-state index < -0.39 is 11.9 Å². The molecule has 1 aromatic carbocycles. The molecule has 0 amide bonds. The Kier molecular flexibility index (Phi) is 4.33. The summed E-state index contributed by atoms with van der Waals surface area (Å²) in [5.74, 6) is 0.378. The van der Waals surface area contributed by atoms with Gasteiger partial charge in [0.25, 0.3) is 0 Å². The number of fused-ring (bicyclic) bond motifs is 1. The molecule has 0 bridgehead atoms. The van der Waals surface area contributed by atoms with Crippen molar-refractivity contribution in [3.8, 4) is 11.5 Å². The van der Waals surface area contributed by atoms with Gasteiger partial charge < -0.3 is 24.7 Å². The van der Waals surface area contributed by atoms with Crippen LogP contribution in [0.2, 0.25) is 0 Å². The van der Waals surface area contributed by atoms with Gasteiger partial charge in [0.1, 0.15) is 11.3 Å². The van der Waals surface area contributed by atoms with E-state index in [1.54, 1.807) is 19.1 Å². The zero-order valence-electron chi connectivity index (χ0n) is 16.2. The summed E-state index contributed by atoms with van der Waals surface area (Å²) in [6, 6.07) is 5.36. The highest BCUT2D eigenvalue weighted by Crippen LogP contribution is 2.49. The predicted molar refractivity (Wildman–Crippen MR) is 99.3 cm³/mol. The number of carbonyl (C=O) groups is 2. The van der Waals surface area contributed by atoms with Crippen molar-refractivity contribution >= 4 is 11.8 Å². The molecule has 4 rings (SSSR count). The van der Waals surface area contributed by atoms with Gasteiger partial charge in [-0.1, -0.05) is 19.9 Å². The number of hydrogen-bond donors (Lipinski definition) is 1. The topological polar surface area (TPSA) is 97.1 Å². The van der Waals surface area contributed by atoms with Crippen molar-refractivity contribution < 1.29 is 28.5 Å². The second-order valence-electron chi connectivity index (χ2n) is 7.92. The maximum absolute atomic E-state index is 13.1. The van der Waals surface area contributed by atoms with Crippen molar-refractivity contribution in [2.45, 2.75) is 39.5 Å². The molecule has 1 aliphatic carbocycles. The van der Waals surface area contributed by atoms with E-state index in [1.807, 2.05) is 19.9 Å². The van der Waals surface area contributed by atoms with Crippen LogP contribution in [0.25, 0.3) is 0 Å². The minimum atomic E-state index is -0.666. The number of ether oxygens (including phenoxy) is 4. The third-order valence-corrected chi connectivity index (χ3v) is 5.18. The Balaban J connectivity index is 1.87. The predicted octanol–water partition coefficient (Wildman–Crippen LogP) is 2.91. The Hall–Kier alpha value is -2.96. The highest BCUT2D eigenvalue weighted by molar-refractivity contribution is 6.03. The summed E-state index contributed by atoms with van der Waals surface area (Å²) in [5.41, 5.74) is 7.23. The van der Waals surface area contributed by atoms with Gasteiger partial charge in [-0.05, 0) is 30.0 Å². The van der Waals surface area contributed by atoms with E-state index in [2.05, 4.69) is 0 Å². The summed E-state index contributed by atoms with van der Waals surface area (Å²) in [6.45, 7) is 6.06. The van der Waals surface area contributed by atoms with E-state index in [-0.39, 0.29) is 36.1 Å². The molecule has 3 aliphatic rings. The number of Topliss-reactive ketones (excluding diaryl/α,β-unsaturated/α-hetero) is 1. The van der Waals surface area contributed by atoms with Crippen LogP contribution in [-0.2, 0) is 19.1 Å². The van der Waals surface area contributed by atoms with Gasteiger partial charge >= 0.3 is 5.97 Å². The smallest absolute Gasteiger partial charge is 0.340 e. The van der Waals surface area contributed by atoms with Crippen LogP contribution in [-0.4, -0.2) is 25.2 Å². The zero-order chi connectivity index (χ0) is 20.1. The lowest BCUT2D eigenvalue weighted by atomic mass is 9.70. The van der Waals surface area contributed by atoms with E-state index >= 15 is 0 Å². The van der Waals surface area contributed by atoms with Gasteiger partial charge in [0.2, 0.25) is 12.7 Å². The molecule has 0 unspecified atom stereocenters. The molecule has 7 nitrogen and oxygen atoms in total.